The minimum absolute atomic E-state index is 0.0297. The first-order valence-corrected chi connectivity index (χ1v) is 8.59. The molecule has 0 unspecified atom stereocenters. The monoisotopic (exact) mass is 370 g/mol. The van der Waals surface area contributed by atoms with Crippen molar-refractivity contribution < 1.29 is 23.9 Å². The number of rotatable bonds is 7. The molecule has 1 aliphatic rings. The first kappa shape index (κ1) is 18.6. The number of carbonyl (C=O) groups is 3. The largest absolute Gasteiger partial charge is 0.480 e. The minimum Gasteiger partial charge on any atom is -0.480 e. The molecule has 0 aromatic heterocycles. The van der Waals surface area contributed by atoms with Gasteiger partial charge in [0.1, 0.15) is 12.4 Å². The second kappa shape index (κ2) is 7.99. The lowest BCUT2D eigenvalue weighted by atomic mass is 10.1. The SMILES string of the molecule is O=C(O)CN(Cc1ccc(F)cc1)C(=O)c1ccc(NC(=O)C2CC2)cc1. The van der Waals surface area contributed by atoms with Crippen LogP contribution < -0.4 is 5.32 Å². The first-order valence-electron chi connectivity index (χ1n) is 8.59. The Morgan fingerprint density at radius 3 is 2.22 bits per heavy atom. The van der Waals surface area contributed by atoms with E-state index in [1.165, 1.54) is 29.2 Å². The van der Waals surface area contributed by atoms with E-state index in [1.54, 1.807) is 24.3 Å². The molecule has 1 aliphatic carbocycles. The molecule has 2 N–H and O–H groups in total. The first-order chi connectivity index (χ1) is 12.9. The third-order valence-electron chi connectivity index (χ3n) is 4.25. The number of nitrogens with one attached hydrogen (secondary N) is 1. The van der Waals surface area contributed by atoms with Gasteiger partial charge in [0, 0.05) is 23.7 Å². The van der Waals surface area contributed by atoms with Gasteiger partial charge in [0.15, 0.2) is 0 Å². The van der Waals surface area contributed by atoms with Gasteiger partial charge in [0.05, 0.1) is 0 Å². The van der Waals surface area contributed by atoms with Crippen molar-refractivity contribution in [1.82, 2.24) is 4.90 Å². The Morgan fingerprint density at radius 1 is 1.04 bits per heavy atom. The van der Waals surface area contributed by atoms with Crippen molar-refractivity contribution in [3.63, 3.8) is 0 Å². The van der Waals surface area contributed by atoms with Crippen molar-refractivity contribution >= 4 is 23.5 Å². The molecule has 3 rings (SSSR count). The van der Waals surface area contributed by atoms with Crippen molar-refractivity contribution in [1.29, 1.82) is 0 Å². The van der Waals surface area contributed by atoms with Crippen molar-refractivity contribution in [3.8, 4) is 0 Å². The zero-order chi connectivity index (χ0) is 19.4. The molecule has 0 aliphatic heterocycles. The van der Waals surface area contributed by atoms with Crippen LogP contribution in [0.15, 0.2) is 48.5 Å². The second-order valence-corrected chi connectivity index (χ2v) is 6.52. The van der Waals surface area contributed by atoms with Crippen molar-refractivity contribution in [2.24, 2.45) is 5.92 Å². The fraction of sp³-hybridized carbons (Fsp3) is 0.250. The van der Waals surface area contributed by atoms with Crippen LogP contribution >= 0.6 is 0 Å². The minimum atomic E-state index is -1.14. The van der Waals surface area contributed by atoms with E-state index in [0.29, 0.717) is 16.8 Å². The molecule has 7 heteroatoms. The molecule has 27 heavy (non-hydrogen) atoms. The van der Waals surface area contributed by atoms with Gasteiger partial charge in [-0.05, 0) is 54.8 Å². The van der Waals surface area contributed by atoms with E-state index < -0.39 is 24.2 Å². The molecule has 0 atom stereocenters. The van der Waals surface area contributed by atoms with Crippen LogP contribution in [0.2, 0.25) is 0 Å². The van der Waals surface area contributed by atoms with Crippen LogP contribution in [0.1, 0.15) is 28.8 Å². The van der Waals surface area contributed by atoms with Gasteiger partial charge < -0.3 is 15.3 Å². The maximum atomic E-state index is 13.0. The lowest BCUT2D eigenvalue weighted by Crippen LogP contribution is -2.35. The van der Waals surface area contributed by atoms with E-state index in [1.807, 2.05) is 0 Å². The van der Waals surface area contributed by atoms with Gasteiger partial charge in [-0.1, -0.05) is 12.1 Å². The smallest absolute Gasteiger partial charge is 0.323 e. The average molecular weight is 370 g/mol. The lowest BCUT2D eigenvalue weighted by Gasteiger charge is -2.21. The molecule has 140 valence electrons. The zero-order valence-electron chi connectivity index (χ0n) is 14.5. The average Bonchev–Trinajstić information content (AvgIpc) is 3.48. The molecule has 0 heterocycles. The van der Waals surface area contributed by atoms with Gasteiger partial charge in [-0.15, -0.1) is 0 Å². The summed E-state index contributed by atoms with van der Waals surface area (Å²) in [5.41, 5.74) is 1.52. The van der Waals surface area contributed by atoms with E-state index in [4.69, 9.17) is 5.11 Å². The van der Waals surface area contributed by atoms with Crippen LogP contribution in [0, 0.1) is 11.7 Å². The van der Waals surface area contributed by atoms with Gasteiger partial charge >= 0.3 is 5.97 Å². The molecule has 2 aromatic carbocycles. The number of amides is 2. The summed E-state index contributed by atoms with van der Waals surface area (Å²) >= 11 is 0. The number of aliphatic carboxylic acids is 1. The fourth-order valence-corrected chi connectivity index (χ4v) is 2.64. The molecular weight excluding hydrogens is 351 g/mol. The third-order valence-corrected chi connectivity index (χ3v) is 4.25. The normalized spacial score (nSPS) is 13.1. The highest BCUT2D eigenvalue weighted by molar-refractivity contribution is 5.97. The summed E-state index contributed by atoms with van der Waals surface area (Å²) in [6.07, 6.45) is 1.80. The Morgan fingerprint density at radius 2 is 1.67 bits per heavy atom. The van der Waals surface area contributed by atoms with E-state index in [2.05, 4.69) is 5.32 Å². The molecule has 0 saturated heterocycles. The Labute approximate surface area is 155 Å². The summed E-state index contributed by atoms with van der Waals surface area (Å²) in [6, 6.07) is 11.9. The third kappa shape index (κ3) is 5.13. The molecule has 1 saturated carbocycles. The number of halogens is 1. The number of carboxylic acids is 1. The van der Waals surface area contributed by atoms with Crippen LogP contribution in [0.3, 0.4) is 0 Å². The van der Waals surface area contributed by atoms with E-state index in [-0.39, 0.29) is 18.4 Å². The molecular formula is C20H19FN2O4. The highest BCUT2D eigenvalue weighted by Crippen LogP contribution is 2.30. The Bertz CT molecular complexity index is 845. The summed E-state index contributed by atoms with van der Waals surface area (Å²) < 4.78 is 13.0. The zero-order valence-corrected chi connectivity index (χ0v) is 14.5. The molecule has 2 aromatic rings. The molecule has 2 amide bonds. The number of hydrogen-bond acceptors (Lipinski definition) is 3. The molecule has 0 radical (unpaired) electrons. The number of nitrogens with zero attached hydrogens (tertiary/aromatic N) is 1. The van der Waals surface area contributed by atoms with Crippen LogP contribution in [0.5, 0.6) is 0 Å². The van der Waals surface area contributed by atoms with Crippen molar-refractivity contribution in [3.05, 3.63) is 65.5 Å². The summed E-state index contributed by atoms with van der Waals surface area (Å²) in [5, 5.41) is 11.9. The predicted molar refractivity (Wildman–Crippen MR) is 96.6 cm³/mol. The number of benzene rings is 2. The van der Waals surface area contributed by atoms with E-state index >= 15 is 0 Å². The maximum Gasteiger partial charge on any atom is 0.323 e. The number of carbonyl (C=O) groups excluding carboxylic acids is 2. The molecule has 1 fully saturated rings. The van der Waals surface area contributed by atoms with Crippen LogP contribution in [0.4, 0.5) is 10.1 Å². The maximum absolute atomic E-state index is 13.0. The Hall–Kier alpha value is -3.22. The van der Waals surface area contributed by atoms with Gasteiger partial charge in [-0.3, -0.25) is 14.4 Å². The van der Waals surface area contributed by atoms with Gasteiger partial charge in [0.2, 0.25) is 5.91 Å². The second-order valence-electron chi connectivity index (χ2n) is 6.52. The standard InChI is InChI=1S/C20H19FN2O4/c21-16-7-1-13(2-8-16)11-23(12-18(24)25)20(27)15-5-9-17(10-6-15)22-19(26)14-3-4-14/h1-2,5-10,14H,3-4,11-12H2,(H,22,26)(H,24,25). The summed E-state index contributed by atoms with van der Waals surface area (Å²) in [7, 11) is 0. The molecule has 0 bridgehead atoms. The number of anilines is 1. The van der Waals surface area contributed by atoms with Crippen LogP contribution in [-0.2, 0) is 16.1 Å². The number of hydrogen-bond donors (Lipinski definition) is 2. The fourth-order valence-electron chi connectivity index (χ4n) is 2.64. The summed E-state index contributed by atoms with van der Waals surface area (Å²) in [5.74, 6) is -1.95. The quantitative estimate of drug-likeness (QED) is 0.785. The topological polar surface area (TPSA) is 86.7 Å². The highest BCUT2D eigenvalue weighted by atomic mass is 19.1. The molecule has 6 nitrogen and oxygen atoms in total. The van der Waals surface area contributed by atoms with Crippen molar-refractivity contribution in [2.75, 3.05) is 11.9 Å². The Kier molecular flexibility index (Phi) is 5.49. The van der Waals surface area contributed by atoms with Gasteiger partial charge in [-0.2, -0.15) is 0 Å². The lowest BCUT2D eigenvalue weighted by molar-refractivity contribution is -0.137. The summed E-state index contributed by atoms with van der Waals surface area (Å²) in [6.45, 7) is -0.429. The van der Waals surface area contributed by atoms with E-state index in [9.17, 15) is 18.8 Å². The number of carboxylic acid groups (broad SMARTS) is 1. The van der Waals surface area contributed by atoms with Gasteiger partial charge in [-0.25, -0.2) is 4.39 Å². The van der Waals surface area contributed by atoms with Crippen molar-refractivity contribution in [2.45, 2.75) is 19.4 Å². The van der Waals surface area contributed by atoms with Crippen LogP contribution in [-0.4, -0.2) is 34.3 Å². The highest BCUT2D eigenvalue weighted by Gasteiger charge is 2.29. The van der Waals surface area contributed by atoms with Gasteiger partial charge in [0.25, 0.3) is 5.91 Å². The predicted octanol–water partition coefficient (Wildman–Crippen LogP) is 2.90. The van der Waals surface area contributed by atoms with E-state index in [0.717, 1.165) is 12.8 Å². The van der Waals surface area contributed by atoms with Crippen LogP contribution in [0.25, 0.3) is 0 Å². The Balaban J connectivity index is 1.71. The summed E-state index contributed by atoms with van der Waals surface area (Å²) in [4.78, 5) is 36.8. The molecule has 0 spiro atoms.